The van der Waals surface area contributed by atoms with Crippen molar-refractivity contribution in [3.63, 3.8) is 0 Å². The Balaban J connectivity index is 2.08. The Labute approximate surface area is 182 Å². The molecule has 0 radical (unpaired) electrons. The monoisotopic (exact) mass is 471 g/mol. The average Bonchev–Trinajstić information content (AvgIpc) is 3.20. The number of alkyl halides is 3. The fraction of sp³-hybridized carbons (Fsp3) is 0.222. The van der Waals surface area contributed by atoms with Crippen LogP contribution in [0.5, 0.6) is 5.88 Å². The molecule has 3 rings (SSSR count). The Morgan fingerprint density at radius 3 is 2.44 bits per heavy atom. The largest absolute Gasteiger partial charge is 0.436 e. The lowest BCUT2D eigenvalue weighted by Gasteiger charge is -2.09. The summed E-state index contributed by atoms with van der Waals surface area (Å²) in [6.07, 6.45) is -4.12. The van der Waals surface area contributed by atoms with E-state index in [1.807, 2.05) is 0 Å². The van der Waals surface area contributed by atoms with Gasteiger partial charge in [0.05, 0.1) is 10.6 Å². The highest BCUT2D eigenvalue weighted by atomic mass is 35.5. The molecule has 10 nitrogen and oxygen atoms in total. The third-order valence-electron chi connectivity index (χ3n) is 4.30. The number of nitro benzene ring substituents is 1. The van der Waals surface area contributed by atoms with Crippen LogP contribution in [0.4, 0.5) is 18.9 Å². The van der Waals surface area contributed by atoms with E-state index in [0.29, 0.717) is 0 Å². The number of halogens is 4. The first-order valence-electron chi connectivity index (χ1n) is 8.66. The Bertz CT molecular complexity index is 1260. The Morgan fingerprint density at radius 2 is 1.84 bits per heavy atom. The molecule has 0 aliphatic rings. The number of hydrogen-bond acceptors (Lipinski definition) is 7. The van der Waals surface area contributed by atoms with Crippen LogP contribution in [-0.2, 0) is 20.3 Å². The first kappa shape index (κ1) is 22.9. The van der Waals surface area contributed by atoms with Crippen LogP contribution >= 0.6 is 11.6 Å². The van der Waals surface area contributed by atoms with Crippen LogP contribution in [-0.4, -0.2) is 36.2 Å². The number of aromatic nitrogens is 4. The topological polar surface area (TPSA) is 122 Å². The Hall–Kier alpha value is -3.74. The maximum absolute atomic E-state index is 13.2. The third kappa shape index (κ3) is 4.19. The minimum atomic E-state index is -4.93. The van der Waals surface area contributed by atoms with Gasteiger partial charge in [-0.1, -0.05) is 11.6 Å². The van der Waals surface area contributed by atoms with Gasteiger partial charge in [0, 0.05) is 31.4 Å². The Kier molecular flexibility index (Phi) is 5.78. The first-order valence-corrected chi connectivity index (χ1v) is 9.04. The summed E-state index contributed by atoms with van der Waals surface area (Å²) in [7, 11) is 2.47. The quantitative estimate of drug-likeness (QED) is 0.241. The molecule has 0 spiro atoms. The molecule has 168 valence electrons. The molecule has 0 aliphatic carbocycles. The lowest BCUT2D eigenvalue weighted by atomic mass is 10.0. The normalized spacial score (nSPS) is 11.5. The van der Waals surface area contributed by atoms with Crippen molar-refractivity contribution in [3.8, 4) is 5.88 Å². The van der Waals surface area contributed by atoms with Crippen LogP contribution in [0, 0.1) is 17.0 Å². The van der Waals surface area contributed by atoms with E-state index in [1.54, 1.807) is 0 Å². The van der Waals surface area contributed by atoms with Gasteiger partial charge < -0.3 is 4.74 Å². The number of nitrogens with zero attached hydrogens (tertiary/aromatic N) is 5. The smallest absolute Gasteiger partial charge is 0.403 e. The lowest BCUT2D eigenvalue weighted by Crippen LogP contribution is -2.18. The van der Waals surface area contributed by atoms with Crippen LogP contribution in [0.1, 0.15) is 37.7 Å². The summed E-state index contributed by atoms with van der Waals surface area (Å²) in [5.74, 6) is -2.89. The molecule has 2 heterocycles. The SMILES string of the molecule is Cc1nn(C)c(OC(=O)c2cn(C)nc2C(F)(F)F)c1C(=O)c1cc(Cl)ccc1[N+](=O)[O-]. The molecule has 0 unspecified atom stereocenters. The van der Waals surface area contributed by atoms with Gasteiger partial charge in [-0.2, -0.15) is 23.4 Å². The molecule has 0 saturated heterocycles. The molecular formula is C18H13ClF3N5O5. The first-order chi connectivity index (χ1) is 14.8. The molecule has 0 bridgehead atoms. The maximum atomic E-state index is 13.2. The Morgan fingerprint density at radius 1 is 1.19 bits per heavy atom. The van der Waals surface area contributed by atoms with E-state index in [4.69, 9.17) is 16.3 Å². The highest BCUT2D eigenvalue weighted by Crippen LogP contribution is 2.33. The standard InChI is InChI=1S/C18H13ClF3N5O5/c1-8-13(14(28)10-6-9(19)4-5-12(10)27(30)31)16(26(3)23-8)32-17(29)11-7-25(2)24-15(11)18(20,21)22/h4-7H,1-3H3. The zero-order valence-electron chi connectivity index (χ0n) is 16.6. The molecule has 0 atom stereocenters. The number of carbonyl (C=O) groups is 2. The summed E-state index contributed by atoms with van der Waals surface area (Å²) < 4.78 is 46.4. The molecule has 0 aliphatic heterocycles. The predicted octanol–water partition coefficient (Wildman–Crippen LogP) is 3.49. The van der Waals surface area contributed by atoms with Gasteiger partial charge in [-0.3, -0.25) is 19.6 Å². The zero-order valence-corrected chi connectivity index (χ0v) is 17.4. The second-order valence-corrected chi connectivity index (χ2v) is 7.03. The van der Waals surface area contributed by atoms with Gasteiger partial charge in [-0.05, 0) is 19.1 Å². The van der Waals surface area contributed by atoms with Crippen molar-refractivity contribution < 1.29 is 32.4 Å². The van der Waals surface area contributed by atoms with E-state index in [2.05, 4.69) is 10.2 Å². The van der Waals surface area contributed by atoms with Gasteiger partial charge in [0.2, 0.25) is 11.7 Å². The number of ketones is 1. The summed E-state index contributed by atoms with van der Waals surface area (Å²) in [4.78, 5) is 36.2. The van der Waals surface area contributed by atoms with Crippen molar-refractivity contribution in [1.82, 2.24) is 19.6 Å². The van der Waals surface area contributed by atoms with Crippen LogP contribution < -0.4 is 4.74 Å². The van der Waals surface area contributed by atoms with Crippen LogP contribution in [0.2, 0.25) is 5.02 Å². The van der Waals surface area contributed by atoms with Crippen LogP contribution in [0.15, 0.2) is 24.4 Å². The summed E-state index contributed by atoms with van der Waals surface area (Å²) in [5, 5.41) is 18.5. The van der Waals surface area contributed by atoms with Crippen LogP contribution in [0.3, 0.4) is 0 Å². The lowest BCUT2D eigenvalue weighted by molar-refractivity contribution is -0.385. The molecule has 0 saturated carbocycles. The predicted molar refractivity (Wildman–Crippen MR) is 103 cm³/mol. The van der Waals surface area contributed by atoms with E-state index >= 15 is 0 Å². The minimum absolute atomic E-state index is 0.0248. The van der Waals surface area contributed by atoms with E-state index < -0.39 is 51.2 Å². The number of hydrogen-bond donors (Lipinski definition) is 0. The fourth-order valence-electron chi connectivity index (χ4n) is 2.99. The molecular weight excluding hydrogens is 459 g/mol. The van der Waals surface area contributed by atoms with Crippen molar-refractivity contribution >= 4 is 29.0 Å². The van der Waals surface area contributed by atoms with E-state index in [9.17, 15) is 32.9 Å². The van der Waals surface area contributed by atoms with Gasteiger partial charge in [-0.25, -0.2) is 9.48 Å². The molecule has 32 heavy (non-hydrogen) atoms. The van der Waals surface area contributed by atoms with E-state index in [0.717, 1.165) is 27.7 Å². The number of aryl methyl sites for hydroxylation is 3. The number of carbonyl (C=O) groups excluding carboxylic acids is 2. The highest BCUT2D eigenvalue weighted by Gasteiger charge is 2.40. The second-order valence-electron chi connectivity index (χ2n) is 6.59. The van der Waals surface area contributed by atoms with Crippen molar-refractivity contribution in [2.75, 3.05) is 0 Å². The highest BCUT2D eigenvalue weighted by molar-refractivity contribution is 6.31. The summed E-state index contributed by atoms with van der Waals surface area (Å²) in [5.41, 5.74) is -3.64. The second kappa shape index (κ2) is 8.07. The molecule has 2 aromatic heterocycles. The fourth-order valence-corrected chi connectivity index (χ4v) is 3.16. The summed E-state index contributed by atoms with van der Waals surface area (Å²) in [6.45, 7) is 1.37. The average molecular weight is 472 g/mol. The maximum Gasteiger partial charge on any atom is 0.436 e. The van der Waals surface area contributed by atoms with Gasteiger partial charge in [0.15, 0.2) is 5.69 Å². The minimum Gasteiger partial charge on any atom is -0.403 e. The number of esters is 1. The van der Waals surface area contributed by atoms with Gasteiger partial charge in [-0.15, -0.1) is 0 Å². The van der Waals surface area contributed by atoms with Crippen molar-refractivity contribution in [2.24, 2.45) is 14.1 Å². The molecule has 0 fully saturated rings. The van der Waals surface area contributed by atoms with E-state index in [1.165, 1.54) is 27.1 Å². The number of rotatable bonds is 5. The van der Waals surface area contributed by atoms with Crippen LogP contribution in [0.25, 0.3) is 0 Å². The van der Waals surface area contributed by atoms with Gasteiger partial charge in [0.25, 0.3) is 5.69 Å². The van der Waals surface area contributed by atoms with Gasteiger partial charge >= 0.3 is 12.1 Å². The van der Waals surface area contributed by atoms with Crippen molar-refractivity contribution in [2.45, 2.75) is 13.1 Å². The molecule has 0 N–H and O–H groups in total. The van der Waals surface area contributed by atoms with Crippen molar-refractivity contribution in [1.29, 1.82) is 0 Å². The molecule has 14 heteroatoms. The molecule has 1 aromatic carbocycles. The zero-order chi connectivity index (χ0) is 24.0. The molecule has 0 amide bonds. The number of nitro groups is 1. The summed E-state index contributed by atoms with van der Waals surface area (Å²) in [6, 6.07) is 3.30. The number of benzene rings is 1. The third-order valence-corrected chi connectivity index (χ3v) is 4.54. The van der Waals surface area contributed by atoms with Crippen molar-refractivity contribution in [3.05, 3.63) is 67.6 Å². The van der Waals surface area contributed by atoms with E-state index in [-0.39, 0.29) is 16.3 Å². The summed E-state index contributed by atoms with van der Waals surface area (Å²) >= 11 is 5.87. The number of ether oxygens (including phenoxy) is 1. The molecule has 3 aromatic rings. The van der Waals surface area contributed by atoms with Gasteiger partial charge in [0.1, 0.15) is 16.7 Å².